The predicted octanol–water partition coefficient (Wildman–Crippen LogP) is 4.18. The third kappa shape index (κ3) is 5.75. The summed E-state index contributed by atoms with van der Waals surface area (Å²) in [6.07, 6.45) is 4.06. The smallest absolute Gasteiger partial charge is 0.314 e. The number of likely N-dealkylation sites (tertiary alicyclic amines) is 1. The van der Waals surface area contributed by atoms with Crippen molar-refractivity contribution in [3.8, 4) is 0 Å². The fraction of sp³-hybridized carbons (Fsp3) is 0.462. The standard InChI is InChI=1S/C20H20Cl2N2O.C6H13N3O/c21-15-6-4-5-14(11-15)13-20(24-9-2-1-3-10-24)17-8-7-16(22)12-18(17)23-19(20)25;1-8-2-4-9(5-3-8)6(7)10/h4-8,11-12H,1-3,9-10,13H2,(H,23,25);2-5H2,1H3,(H2,7,10). The molecule has 0 bridgehead atoms. The first-order valence-electron chi connectivity index (χ1n) is 12.1. The van der Waals surface area contributed by atoms with Crippen molar-refractivity contribution in [2.45, 2.75) is 31.2 Å². The van der Waals surface area contributed by atoms with Crippen LogP contribution in [0.4, 0.5) is 10.5 Å². The molecule has 0 aliphatic carbocycles. The molecule has 3 N–H and O–H groups in total. The number of nitrogens with zero attached hydrogens (tertiary/aromatic N) is 3. The molecule has 0 saturated carbocycles. The molecule has 0 radical (unpaired) electrons. The average molecular weight is 518 g/mol. The first-order valence-corrected chi connectivity index (χ1v) is 12.9. The maximum absolute atomic E-state index is 13.2. The van der Waals surface area contributed by atoms with Crippen LogP contribution in [0.2, 0.25) is 10.0 Å². The van der Waals surface area contributed by atoms with Crippen molar-refractivity contribution in [3.63, 3.8) is 0 Å². The van der Waals surface area contributed by atoms with Crippen molar-refractivity contribution in [3.05, 3.63) is 63.6 Å². The van der Waals surface area contributed by atoms with Crippen LogP contribution in [0, 0.1) is 0 Å². The number of carbonyl (C=O) groups excluding carboxylic acids is 2. The Morgan fingerprint density at radius 3 is 2.31 bits per heavy atom. The summed E-state index contributed by atoms with van der Waals surface area (Å²) in [5.41, 5.74) is 7.30. The van der Waals surface area contributed by atoms with Crippen LogP contribution in [0.1, 0.15) is 30.4 Å². The van der Waals surface area contributed by atoms with E-state index in [0.29, 0.717) is 16.5 Å². The number of anilines is 1. The predicted molar refractivity (Wildman–Crippen MR) is 141 cm³/mol. The monoisotopic (exact) mass is 517 g/mol. The van der Waals surface area contributed by atoms with Crippen molar-refractivity contribution < 1.29 is 9.59 Å². The zero-order valence-electron chi connectivity index (χ0n) is 20.1. The molecular formula is C26H33Cl2N5O2. The van der Waals surface area contributed by atoms with Gasteiger partial charge in [-0.05, 0) is 62.8 Å². The number of hydrogen-bond acceptors (Lipinski definition) is 4. The molecule has 3 amide bonds. The molecule has 2 fully saturated rings. The lowest BCUT2D eigenvalue weighted by molar-refractivity contribution is -0.128. The third-order valence-electron chi connectivity index (χ3n) is 7.11. The van der Waals surface area contributed by atoms with Gasteiger partial charge in [-0.15, -0.1) is 0 Å². The number of carbonyl (C=O) groups is 2. The molecule has 0 aromatic heterocycles. The van der Waals surface area contributed by atoms with Gasteiger partial charge in [0.05, 0.1) is 0 Å². The van der Waals surface area contributed by atoms with Crippen LogP contribution in [0.5, 0.6) is 0 Å². The van der Waals surface area contributed by atoms with E-state index in [9.17, 15) is 9.59 Å². The van der Waals surface area contributed by atoms with E-state index in [4.69, 9.17) is 28.9 Å². The number of amides is 3. The second-order valence-electron chi connectivity index (χ2n) is 9.49. The first-order chi connectivity index (χ1) is 16.8. The lowest BCUT2D eigenvalue weighted by Crippen LogP contribution is -2.54. The summed E-state index contributed by atoms with van der Waals surface area (Å²) in [6.45, 7) is 5.26. The van der Waals surface area contributed by atoms with Crippen LogP contribution in [-0.4, -0.2) is 73.0 Å². The molecule has 2 saturated heterocycles. The van der Waals surface area contributed by atoms with E-state index in [-0.39, 0.29) is 11.9 Å². The largest absolute Gasteiger partial charge is 0.351 e. The number of benzene rings is 2. The van der Waals surface area contributed by atoms with Gasteiger partial charge in [0.1, 0.15) is 5.54 Å². The number of halogens is 2. The molecular weight excluding hydrogens is 485 g/mol. The summed E-state index contributed by atoms with van der Waals surface area (Å²) in [5.74, 6) is 0.0339. The van der Waals surface area contributed by atoms with Gasteiger partial charge in [0.15, 0.2) is 0 Å². The Hall–Kier alpha value is -2.32. The van der Waals surface area contributed by atoms with E-state index in [0.717, 1.165) is 68.9 Å². The van der Waals surface area contributed by atoms with E-state index in [2.05, 4.69) is 15.1 Å². The molecule has 7 nitrogen and oxygen atoms in total. The highest BCUT2D eigenvalue weighted by molar-refractivity contribution is 6.31. The summed E-state index contributed by atoms with van der Waals surface area (Å²) < 4.78 is 0. The number of hydrogen-bond donors (Lipinski definition) is 2. The van der Waals surface area contributed by atoms with E-state index in [1.807, 2.05) is 49.5 Å². The Bertz CT molecular complexity index is 1070. The average Bonchev–Trinajstić information content (AvgIpc) is 3.11. The topological polar surface area (TPSA) is 81.9 Å². The molecule has 0 spiro atoms. The Balaban J connectivity index is 0.000000243. The molecule has 35 heavy (non-hydrogen) atoms. The van der Waals surface area contributed by atoms with E-state index in [1.165, 1.54) is 6.42 Å². The number of primary amides is 1. The maximum atomic E-state index is 13.2. The third-order valence-corrected chi connectivity index (χ3v) is 7.58. The Labute approximate surface area is 217 Å². The highest BCUT2D eigenvalue weighted by Crippen LogP contribution is 2.45. The Kier molecular flexibility index (Phi) is 8.22. The minimum Gasteiger partial charge on any atom is -0.351 e. The van der Waals surface area contributed by atoms with Crippen molar-refractivity contribution >= 4 is 40.8 Å². The highest BCUT2D eigenvalue weighted by atomic mass is 35.5. The summed E-state index contributed by atoms with van der Waals surface area (Å²) in [5, 5.41) is 4.39. The van der Waals surface area contributed by atoms with Crippen LogP contribution >= 0.6 is 23.2 Å². The van der Waals surface area contributed by atoms with Gasteiger partial charge >= 0.3 is 6.03 Å². The fourth-order valence-electron chi connectivity index (χ4n) is 5.17. The number of fused-ring (bicyclic) bond motifs is 1. The van der Waals surface area contributed by atoms with Crippen LogP contribution < -0.4 is 11.1 Å². The minimum atomic E-state index is -0.689. The number of urea groups is 1. The summed E-state index contributed by atoms with van der Waals surface area (Å²) in [4.78, 5) is 30.0. The quantitative estimate of drug-likeness (QED) is 0.639. The molecule has 2 aromatic carbocycles. The molecule has 3 heterocycles. The second kappa shape index (κ2) is 11.2. The van der Waals surface area contributed by atoms with Gasteiger partial charge in [-0.2, -0.15) is 0 Å². The van der Waals surface area contributed by atoms with Crippen molar-refractivity contribution in [1.29, 1.82) is 0 Å². The number of piperidine rings is 1. The second-order valence-corrected chi connectivity index (χ2v) is 10.4. The number of likely N-dealkylation sites (N-methyl/N-ethyl adjacent to an activating group) is 1. The summed E-state index contributed by atoms with van der Waals surface area (Å²) >= 11 is 12.3. The zero-order chi connectivity index (χ0) is 25.0. The van der Waals surface area contributed by atoms with Crippen molar-refractivity contribution in [2.24, 2.45) is 5.73 Å². The fourth-order valence-corrected chi connectivity index (χ4v) is 5.56. The molecule has 1 unspecified atom stereocenters. The van der Waals surface area contributed by atoms with Crippen LogP contribution in [0.3, 0.4) is 0 Å². The van der Waals surface area contributed by atoms with Gasteiger partial charge in [0.25, 0.3) is 0 Å². The Morgan fingerprint density at radius 2 is 1.66 bits per heavy atom. The lowest BCUT2D eigenvalue weighted by Gasteiger charge is -2.42. The molecule has 5 rings (SSSR count). The van der Waals surface area contributed by atoms with E-state index in [1.54, 1.807) is 4.90 Å². The van der Waals surface area contributed by atoms with Crippen LogP contribution in [-0.2, 0) is 16.8 Å². The summed E-state index contributed by atoms with van der Waals surface area (Å²) in [6, 6.07) is 13.2. The van der Waals surface area contributed by atoms with Crippen LogP contribution in [0.15, 0.2) is 42.5 Å². The molecule has 2 aromatic rings. The Morgan fingerprint density at radius 1 is 0.971 bits per heavy atom. The van der Waals surface area contributed by atoms with Gasteiger partial charge in [-0.1, -0.05) is 47.8 Å². The molecule has 9 heteroatoms. The molecule has 3 aliphatic heterocycles. The number of piperazine rings is 1. The van der Waals surface area contributed by atoms with E-state index < -0.39 is 5.54 Å². The van der Waals surface area contributed by atoms with Crippen LogP contribution in [0.25, 0.3) is 0 Å². The number of nitrogens with two attached hydrogens (primary N) is 1. The summed E-state index contributed by atoms with van der Waals surface area (Å²) in [7, 11) is 2.04. The van der Waals surface area contributed by atoms with Gasteiger partial charge in [-0.3, -0.25) is 9.69 Å². The van der Waals surface area contributed by atoms with Crippen molar-refractivity contribution in [2.75, 3.05) is 51.6 Å². The van der Waals surface area contributed by atoms with Gasteiger partial charge in [0.2, 0.25) is 5.91 Å². The maximum Gasteiger partial charge on any atom is 0.314 e. The lowest BCUT2D eigenvalue weighted by atomic mass is 9.82. The van der Waals surface area contributed by atoms with Gasteiger partial charge in [0, 0.05) is 53.9 Å². The van der Waals surface area contributed by atoms with Gasteiger partial charge < -0.3 is 20.9 Å². The SMILES string of the molecule is CN1CCN(C(N)=O)CC1.O=C1Nc2cc(Cl)ccc2C1(Cc1cccc(Cl)c1)N1CCCCC1. The number of rotatable bonds is 3. The minimum absolute atomic E-state index is 0.0339. The number of nitrogens with one attached hydrogen (secondary N) is 1. The molecule has 1 atom stereocenters. The van der Waals surface area contributed by atoms with Crippen molar-refractivity contribution in [1.82, 2.24) is 14.7 Å². The normalized spacial score (nSPS) is 22.7. The van der Waals surface area contributed by atoms with Gasteiger partial charge in [-0.25, -0.2) is 4.79 Å². The first kappa shape index (κ1) is 25.8. The zero-order valence-corrected chi connectivity index (χ0v) is 21.6. The highest BCUT2D eigenvalue weighted by Gasteiger charge is 2.51. The molecule has 3 aliphatic rings. The molecule has 188 valence electrons. The van der Waals surface area contributed by atoms with E-state index >= 15 is 0 Å².